The number of carbonyl (C=O) groups is 2. The summed E-state index contributed by atoms with van der Waals surface area (Å²) in [5.74, 6) is 0.645. The first kappa shape index (κ1) is 19.7. The number of fused-ring (bicyclic) bond motifs is 3. The minimum Gasteiger partial charge on any atom is -0.460 e. The van der Waals surface area contributed by atoms with Gasteiger partial charge in [0, 0.05) is 17.9 Å². The largest absolute Gasteiger partial charge is 0.460 e. The van der Waals surface area contributed by atoms with Crippen LogP contribution in [0.2, 0.25) is 0 Å². The molecule has 2 fully saturated rings. The van der Waals surface area contributed by atoms with Gasteiger partial charge >= 0.3 is 5.97 Å². The van der Waals surface area contributed by atoms with Crippen LogP contribution in [-0.2, 0) is 9.59 Å². The number of aryl methyl sites for hydroxylation is 1. The van der Waals surface area contributed by atoms with Gasteiger partial charge in [0.25, 0.3) is 0 Å². The van der Waals surface area contributed by atoms with E-state index in [9.17, 15) is 14.4 Å². The van der Waals surface area contributed by atoms with E-state index in [0.29, 0.717) is 46.7 Å². The van der Waals surface area contributed by atoms with Crippen LogP contribution >= 0.6 is 0 Å². The number of hydrogen-bond donors (Lipinski definition) is 0. The first-order valence-electron chi connectivity index (χ1n) is 10.9. The molecule has 0 spiro atoms. The summed E-state index contributed by atoms with van der Waals surface area (Å²) < 4.78 is 11.6. The summed E-state index contributed by atoms with van der Waals surface area (Å²) in [6.07, 6.45) is 3.98. The molecule has 2 atom stereocenters. The van der Waals surface area contributed by atoms with Crippen molar-refractivity contribution in [2.24, 2.45) is 17.8 Å². The van der Waals surface area contributed by atoms with Gasteiger partial charge in [-0.2, -0.15) is 0 Å². The fourth-order valence-electron chi connectivity index (χ4n) is 5.16. The smallest absolute Gasteiger partial charge is 0.314 e. The zero-order chi connectivity index (χ0) is 21.5. The zero-order valence-electron chi connectivity index (χ0n) is 17.4. The molecule has 0 N–H and O–H groups in total. The first-order valence-corrected chi connectivity index (χ1v) is 10.9. The summed E-state index contributed by atoms with van der Waals surface area (Å²) in [6.45, 7) is 1.76. The van der Waals surface area contributed by atoms with Crippen LogP contribution in [0.25, 0.3) is 22.1 Å². The Morgan fingerprint density at radius 3 is 2.42 bits per heavy atom. The van der Waals surface area contributed by atoms with Crippen LogP contribution in [0.15, 0.2) is 57.7 Å². The van der Waals surface area contributed by atoms with Gasteiger partial charge in [-0.05, 0) is 50.3 Å². The summed E-state index contributed by atoms with van der Waals surface area (Å²) in [4.78, 5) is 38.1. The van der Waals surface area contributed by atoms with Gasteiger partial charge in [0.15, 0.2) is 0 Å². The van der Waals surface area contributed by atoms with Gasteiger partial charge in [0.2, 0.25) is 5.43 Å². The number of Topliss-reactive ketones (excluding diaryl/α,β-unsaturated/α-hetero) is 1. The van der Waals surface area contributed by atoms with Crippen LogP contribution in [-0.4, -0.2) is 11.8 Å². The van der Waals surface area contributed by atoms with Gasteiger partial charge in [0.1, 0.15) is 22.9 Å². The highest BCUT2D eigenvalue weighted by atomic mass is 16.5. The molecule has 2 aliphatic rings. The highest BCUT2D eigenvalue weighted by molar-refractivity contribution is 5.88. The van der Waals surface area contributed by atoms with Gasteiger partial charge in [-0.3, -0.25) is 14.4 Å². The molecule has 158 valence electrons. The molecule has 31 heavy (non-hydrogen) atoms. The van der Waals surface area contributed by atoms with E-state index in [0.717, 1.165) is 24.8 Å². The van der Waals surface area contributed by atoms with E-state index in [2.05, 4.69) is 0 Å². The fourth-order valence-corrected chi connectivity index (χ4v) is 5.16. The van der Waals surface area contributed by atoms with Crippen molar-refractivity contribution in [3.05, 3.63) is 64.5 Å². The Hall–Kier alpha value is -3.21. The lowest BCUT2D eigenvalue weighted by Crippen LogP contribution is -2.40. The van der Waals surface area contributed by atoms with E-state index in [1.165, 1.54) is 0 Å². The molecule has 5 nitrogen and oxygen atoms in total. The topological polar surface area (TPSA) is 73.6 Å². The van der Waals surface area contributed by atoms with E-state index in [-0.39, 0.29) is 29.2 Å². The van der Waals surface area contributed by atoms with E-state index in [1.54, 1.807) is 25.1 Å². The Bertz CT molecular complexity index is 1210. The van der Waals surface area contributed by atoms with Crippen molar-refractivity contribution >= 4 is 22.7 Å². The molecule has 3 aromatic rings. The van der Waals surface area contributed by atoms with Gasteiger partial charge in [-0.25, -0.2) is 0 Å². The van der Waals surface area contributed by atoms with Crippen molar-refractivity contribution in [1.82, 2.24) is 0 Å². The Morgan fingerprint density at radius 2 is 1.71 bits per heavy atom. The Labute approximate surface area is 180 Å². The maximum Gasteiger partial charge on any atom is 0.314 e. The number of ether oxygens (including phenoxy) is 1. The minimum atomic E-state index is -0.302. The first-order chi connectivity index (χ1) is 15.0. The average Bonchev–Trinajstić information content (AvgIpc) is 2.74. The second-order valence-electron chi connectivity index (χ2n) is 8.70. The van der Waals surface area contributed by atoms with Crippen LogP contribution < -0.4 is 10.2 Å². The average molecular weight is 416 g/mol. The quantitative estimate of drug-likeness (QED) is 0.440. The number of esters is 1. The van der Waals surface area contributed by atoms with E-state index >= 15 is 0 Å². The predicted molar refractivity (Wildman–Crippen MR) is 117 cm³/mol. The third-order valence-corrected chi connectivity index (χ3v) is 6.70. The van der Waals surface area contributed by atoms with Crippen molar-refractivity contribution in [2.75, 3.05) is 0 Å². The van der Waals surface area contributed by atoms with Crippen LogP contribution in [0.1, 0.15) is 37.9 Å². The standard InChI is InChI=1S/C26H24O5/c1-15-23(16-6-3-2-4-7-16)25(28)21-11-10-20(14-22(21)30-15)31-26(29)19-12-17-8-5-9-18(13-19)24(17)27/h2-4,6-7,10-11,14,17-19H,5,8-9,12-13H2,1H3. The summed E-state index contributed by atoms with van der Waals surface area (Å²) in [6, 6.07) is 14.3. The summed E-state index contributed by atoms with van der Waals surface area (Å²) >= 11 is 0. The lowest BCUT2D eigenvalue weighted by molar-refractivity contribution is -0.145. The van der Waals surface area contributed by atoms with Gasteiger partial charge < -0.3 is 9.15 Å². The normalized spacial score (nSPS) is 23.0. The molecule has 5 rings (SSSR count). The molecule has 1 heterocycles. The molecule has 0 saturated heterocycles. The van der Waals surface area contributed by atoms with E-state index in [1.807, 2.05) is 30.3 Å². The highest BCUT2D eigenvalue weighted by Gasteiger charge is 2.42. The summed E-state index contributed by atoms with van der Waals surface area (Å²) in [5.41, 5.74) is 1.63. The minimum absolute atomic E-state index is 0.00117. The van der Waals surface area contributed by atoms with Gasteiger partial charge in [-0.15, -0.1) is 0 Å². The SMILES string of the molecule is Cc1oc2cc(OC(=O)C3CC4CCCC(C3)C4=O)ccc2c(=O)c1-c1ccccc1. The second-order valence-corrected chi connectivity index (χ2v) is 8.70. The molecular formula is C26H24O5. The molecule has 0 amide bonds. The Kier molecular flexibility index (Phi) is 4.97. The lowest BCUT2D eigenvalue weighted by atomic mass is 9.67. The molecule has 2 saturated carbocycles. The van der Waals surface area contributed by atoms with Crippen molar-refractivity contribution in [1.29, 1.82) is 0 Å². The zero-order valence-corrected chi connectivity index (χ0v) is 17.4. The Morgan fingerprint density at radius 1 is 1.00 bits per heavy atom. The van der Waals surface area contributed by atoms with Crippen molar-refractivity contribution in [3.8, 4) is 16.9 Å². The maximum absolute atomic E-state index is 13.1. The third-order valence-electron chi connectivity index (χ3n) is 6.70. The number of benzene rings is 2. The molecule has 2 unspecified atom stereocenters. The van der Waals surface area contributed by atoms with E-state index in [4.69, 9.17) is 9.15 Å². The van der Waals surface area contributed by atoms with Crippen LogP contribution in [0, 0.1) is 24.7 Å². The van der Waals surface area contributed by atoms with Crippen molar-refractivity contribution in [3.63, 3.8) is 0 Å². The van der Waals surface area contributed by atoms with Crippen LogP contribution in [0.5, 0.6) is 5.75 Å². The molecular weight excluding hydrogens is 392 g/mol. The molecule has 2 aromatic carbocycles. The number of rotatable bonds is 3. The summed E-state index contributed by atoms with van der Waals surface area (Å²) in [7, 11) is 0. The fraction of sp³-hybridized carbons (Fsp3) is 0.346. The Balaban J connectivity index is 1.41. The van der Waals surface area contributed by atoms with Crippen LogP contribution in [0.3, 0.4) is 0 Å². The third kappa shape index (κ3) is 3.58. The summed E-state index contributed by atoms with van der Waals surface area (Å²) in [5, 5.41) is 0.446. The molecule has 2 bridgehead atoms. The van der Waals surface area contributed by atoms with Gasteiger partial charge in [0.05, 0.1) is 16.9 Å². The number of ketones is 1. The van der Waals surface area contributed by atoms with Crippen molar-refractivity contribution < 1.29 is 18.7 Å². The van der Waals surface area contributed by atoms with E-state index < -0.39 is 0 Å². The number of hydrogen-bond acceptors (Lipinski definition) is 5. The number of carbonyl (C=O) groups excluding carboxylic acids is 2. The maximum atomic E-state index is 13.1. The molecule has 0 aliphatic heterocycles. The lowest BCUT2D eigenvalue weighted by Gasteiger charge is -2.36. The predicted octanol–water partition coefficient (Wildman–Crippen LogP) is 5.07. The second kappa shape index (κ2) is 7.80. The van der Waals surface area contributed by atoms with Gasteiger partial charge in [-0.1, -0.05) is 36.8 Å². The highest BCUT2D eigenvalue weighted by Crippen LogP contribution is 2.40. The molecule has 2 aliphatic carbocycles. The molecule has 0 radical (unpaired) electrons. The molecule has 5 heteroatoms. The van der Waals surface area contributed by atoms with Crippen LogP contribution in [0.4, 0.5) is 0 Å². The monoisotopic (exact) mass is 416 g/mol. The van der Waals surface area contributed by atoms with Crippen molar-refractivity contribution in [2.45, 2.75) is 39.0 Å². The molecule has 1 aromatic heterocycles.